The van der Waals surface area contributed by atoms with Gasteiger partial charge in [0, 0.05) is 10.0 Å². The summed E-state index contributed by atoms with van der Waals surface area (Å²) in [6.45, 7) is 0. The van der Waals surface area contributed by atoms with E-state index in [0.717, 1.165) is 14.9 Å². The number of amides is 4. The first-order chi connectivity index (χ1) is 14.3. The number of barbiturate groups is 1. The van der Waals surface area contributed by atoms with Gasteiger partial charge in [0.2, 0.25) is 0 Å². The minimum atomic E-state index is -0.916. The maximum atomic E-state index is 13.0. The number of rotatable bonds is 3. The molecule has 1 aliphatic rings. The molecule has 0 saturated carbocycles. The first kappa shape index (κ1) is 20.4. The molecule has 4 amide bonds. The molecule has 0 spiro atoms. The lowest BCUT2D eigenvalue weighted by Gasteiger charge is -2.27. The monoisotopic (exact) mass is 504 g/mol. The molecular weight excluding hydrogens is 495 g/mol. The van der Waals surface area contributed by atoms with Crippen LogP contribution < -0.4 is 10.2 Å². The van der Waals surface area contributed by atoms with Crippen LogP contribution in [0, 0.1) is 0 Å². The molecule has 0 aliphatic carbocycles. The molecule has 6 nitrogen and oxygen atoms in total. The standard InChI is InChI=1S/C21H11BrCl2N2O4/c22-12-4-1-3-11(9-12)17-8-7-13(30-17)10-14-19(27)25-21(29)26(20(14)28)16-6-2-5-15(23)18(16)24/h1-10H,(H,25,27,29)/b14-10+. The van der Waals surface area contributed by atoms with E-state index in [0.29, 0.717) is 5.76 Å². The molecule has 0 radical (unpaired) electrons. The van der Waals surface area contributed by atoms with E-state index in [4.69, 9.17) is 27.6 Å². The number of carbonyl (C=O) groups excluding carboxylic acids is 3. The number of benzene rings is 2. The van der Waals surface area contributed by atoms with E-state index in [2.05, 4.69) is 21.2 Å². The average molecular weight is 506 g/mol. The number of hydrogen-bond donors (Lipinski definition) is 1. The smallest absolute Gasteiger partial charge is 0.336 e. The van der Waals surface area contributed by atoms with E-state index in [1.54, 1.807) is 18.2 Å². The Morgan fingerprint density at radius 3 is 2.53 bits per heavy atom. The van der Waals surface area contributed by atoms with Gasteiger partial charge in [-0.25, -0.2) is 9.69 Å². The normalized spacial score (nSPS) is 15.6. The predicted molar refractivity (Wildman–Crippen MR) is 117 cm³/mol. The van der Waals surface area contributed by atoms with Crippen molar-refractivity contribution in [1.82, 2.24) is 5.32 Å². The number of urea groups is 1. The molecule has 9 heteroatoms. The van der Waals surface area contributed by atoms with Gasteiger partial charge in [-0.3, -0.25) is 14.9 Å². The van der Waals surface area contributed by atoms with Crippen molar-refractivity contribution in [2.45, 2.75) is 0 Å². The summed E-state index contributed by atoms with van der Waals surface area (Å²) < 4.78 is 6.63. The van der Waals surface area contributed by atoms with Crippen LogP contribution >= 0.6 is 39.1 Å². The molecule has 4 rings (SSSR count). The fourth-order valence-corrected chi connectivity index (χ4v) is 3.69. The van der Waals surface area contributed by atoms with Crippen LogP contribution in [-0.2, 0) is 9.59 Å². The molecule has 1 fully saturated rings. The number of carbonyl (C=O) groups is 3. The van der Waals surface area contributed by atoms with Gasteiger partial charge in [-0.05, 0) is 42.5 Å². The quantitative estimate of drug-likeness (QED) is 0.366. The minimum Gasteiger partial charge on any atom is -0.457 e. The molecule has 3 aromatic rings. The molecule has 150 valence electrons. The summed E-state index contributed by atoms with van der Waals surface area (Å²) in [4.78, 5) is 38.4. The SMILES string of the molecule is O=C1NC(=O)N(c2cccc(Cl)c2Cl)C(=O)/C1=C/c1ccc(-c2cccc(Br)c2)o1. The van der Waals surface area contributed by atoms with Gasteiger partial charge >= 0.3 is 6.03 Å². The van der Waals surface area contributed by atoms with Crippen molar-refractivity contribution in [1.29, 1.82) is 0 Å². The molecule has 0 atom stereocenters. The minimum absolute atomic E-state index is 0.0197. The summed E-state index contributed by atoms with van der Waals surface area (Å²) in [5, 5.41) is 2.32. The third kappa shape index (κ3) is 3.79. The lowest BCUT2D eigenvalue weighted by atomic mass is 10.1. The third-order valence-corrected chi connectivity index (χ3v) is 5.60. The first-order valence-corrected chi connectivity index (χ1v) is 10.1. The summed E-state index contributed by atoms with van der Waals surface area (Å²) in [6.07, 6.45) is 1.27. The Labute approximate surface area is 189 Å². The highest BCUT2D eigenvalue weighted by molar-refractivity contribution is 9.10. The van der Waals surface area contributed by atoms with Crippen LogP contribution in [-0.4, -0.2) is 17.8 Å². The Balaban J connectivity index is 1.71. The molecule has 1 aliphatic heterocycles. The van der Waals surface area contributed by atoms with E-state index in [1.165, 1.54) is 18.2 Å². The number of imide groups is 2. The van der Waals surface area contributed by atoms with E-state index in [9.17, 15) is 14.4 Å². The third-order valence-electron chi connectivity index (χ3n) is 4.30. The fraction of sp³-hybridized carbons (Fsp3) is 0. The van der Waals surface area contributed by atoms with Crippen molar-refractivity contribution in [3.8, 4) is 11.3 Å². The van der Waals surface area contributed by atoms with Crippen LogP contribution in [0.15, 0.2) is 69.1 Å². The van der Waals surface area contributed by atoms with Gasteiger partial charge in [-0.15, -0.1) is 0 Å². The predicted octanol–water partition coefficient (Wildman–Crippen LogP) is 5.68. The highest BCUT2D eigenvalue weighted by Gasteiger charge is 2.38. The van der Waals surface area contributed by atoms with Crippen molar-refractivity contribution < 1.29 is 18.8 Å². The zero-order valence-electron chi connectivity index (χ0n) is 15.0. The van der Waals surface area contributed by atoms with Gasteiger partial charge in [0.25, 0.3) is 11.8 Å². The maximum Gasteiger partial charge on any atom is 0.336 e. The number of furan rings is 1. The summed E-state index contributed by atoms with van der Waals surface area (Å²) >= 11 is 15.5. The van der Waals surface area contributed by atoms with Crippen LogP contribution in [0.3, 0.4) is 0 Å². The van der Waals surface area contributed by atoms with E-state index < -0.39 is 17.8 Å². The van der Waals surface area contributed by atoms with Gasteiger partial charge in [0.15, 0.2) is 0 Å². The first-order valence-electron chi connectivity index (χ1n) is 8.56. The number of hydrogen-bond acceptors (Lipinski definition) is 4. The van der Waals surface area contributed by atoms with E-state index in [-0.39, 0.29) is 27.1 Å². The average Bonchev–Trinajstić information content (AvgIpc) is 3.17. The van der Waals surface area contributed by atoms with E-state index in [1.807, 2.05) is 24.3 Å². The molecule has 2 aromatic carbocycles. The Morgan fingerprint density at radius 1 is 1.00 bits per heavy atom. The Hall–Kier alpha value is -2.87. The molecule has 1 aromatic heterocycles. The van der Waals surface area contributed by atoms with Crippen molar-refractivity contribution in [2.24, 2.45) is 0 Å². The molecule has 2 heterocycles. The highest BCUT2D eigenvalue weighted by atomic mass is 79.9. The summed E-state index contributed by atoms with van der Waals surface area (Å²) in [5.74, 6) is -0.847. The summed E-state index contributed by atoms with van der Waals surface area (Å²) in [6, 6.07) is 14.4. The summed E-state index contributed by atoms with van der Waals surface area (Å²) in [5.41, 5.74) is 0.607. The van der Waals surface area contributed by atoms with Crippen LogP contribution in [0.25, 0.3) is 17.4 Å². The highest BCUT2D eigenvalue weighted by Crippen LogP contribution is 2.34. The maximum absolute atomic E-state index is 13.0. The van der Waals surface area contributed by atoms with Gasteiger partial charge in [0.1, 0.15) is 17.1 Å². The number of nitrogens with one attached hydrogen (secondary N) is 1. The number of anilines is 1. The Morgan fingerprint density at radius 2 is 1.77 bits per heavy atom. The Bertz CT molecular complexity index is 1240. The van der Waals surface area contributed by atoms with Crippen LogP contribution in [0.1, 0.15) is 5.76 Å². The van der Waals surface area contributed by atoms with E-state index >= 15 is 0 Å². The van der Waals surface area contributed by atoms with Gasteiger partial charge in [-0.1, -0.05) is 57.3 Å². The number of nitrogens with zero attached hydrogens (tertiary/aromatic N) is 1. The largest absolute Gasteiger partial charge is 0.457 e. The zero-order valence-corrected chi connectivity index (χ0v) is 18.1. The Kier molecular flexibility index (Phi) is 5.51. The molecule has 0 unspecified atom stereocenters. The van der Waals surface area contributed by atoms with Crippen LogP contribution in [0.2, 0.25) is 10.0 Å². The van der Waals surface area contributed by atoms with Crippen molar-refractivity contribution in [3.63, 3.8) is 0 Å². The second kappa shape index (κ2) is 8.10. The molecule has 30 heavy (non-hydrogen) atoms. The van der Waals surface area contributed by atoms with Gasteiger partial charge < -0.3 is 4.42 Å². The number of halogens is 3. The van der Waals surface area contributed by atoms with Crippen molar-refractivity contribution >= 4 is 68.7 Å². The molecule has 0 bridgehead atoms. The molecule has 1 N–H and O–H groups in total. The molecular formula is C21H11BrCl2N2O4. The fourth-order valence-electron chi connectivity index (χ4n) is 2.91. The second-order valence-electron chi connectivity index (χ2n) is 6.24. The van der Waals surface area contributed by atoms with Crippen molar-refractivity contribution in [3.05, 3.63) is 80.4 Å². The van der Waals surface area contributed by atoms with Crippen molar-refractivity contribution in [2.75, 3.05) is 4.90 Å². The molecule has 1 saturated heterocycles. The second-order valence-corrected chi connectivity index (χ2v) is 7.94. The van der Waals surface area contributed by atoms with Gasteiger partial charge in [-0.2, -0.15) is 0 Å². The zero-order chi connectivity index (χ0) is 21.4. The lowest BCUT2D eigenvalue weighted by Crippen LogP contribution is -2.54. The van der Waals surface area contributed by atoms with Crippen LogP contribution in [0.5, 0.6) is 0 Å². The lowest BCUT2D eigenvalue weighted by molar-refractivity contribution is -0.122. The van der Waals surface area contributed by atoms with Gasteiger partial charge in [0.05, 0.1) is 15.7 Å². The van der Waals surface area contributed by atoms with Crippen LogP contribution in [0.4, 0.5) is 10.5 Å². The summed E-state index contributed by atoms with van der Waals surface area (Å²) in [7, 11) is 0. The topological polar surface area (TPSA) is 79.6 Å².